The second-order valence-corrected chi connectivity index (χ2v) is 3.29. The smallest absolute Gasteiger partial charge is 0.231 e. The average Bonchev–Trinajstić information content (AvgIpc) is 2.64. The Hall–Kier alpha value is -1.48. The van der Waals surface area contributed by atoms with Crippen LogP contribution in [0.2, 0.25) is 0 Å². The molecule has 14 heavy (non-hydrogen) atoms. The van der Waals surface area contributed by atoms with Gasteiger partial charge in [0.25, 0.3) is 0 Å². The van der Waals surface area contributed by atoms with Gasteiger partial charge in [-0.25, -0.2) is 0 Å². The van der Waals surface area contributed by atoms with Gasteiger partial charge < -0.3 is 15.2 Å². The lowest BCUT2D eigenvalue weighted by Crippen LogP contribution is -2.19. The van der Waals surface area contributed by atoms with E-state index in [1.165, 1.54) is 0 Å². The van der Waals surface area contributed by atoms with Gasteiger partial charge in [-0.2, -0.15) is 0 Å². The van der Waals surface area contributed by atoms with Crippen molar-refractivity contribution in [2.24, 2.45) is 5.73 Å². The maximum atomic E-state index is 5.76. The first-order valence-corrected chi connectivity index (χ1v) is 4.56. The summed E-state index contributed by atoms with van der Waals surface area (Å²) in [4.78, 5) is 0. The molecular weight excluding hydrogens is 178 g/mol. The Balaban J connectivity index is 2.16. The molecule has 0 fully saturated rings. The number of nitrogens with two attached hydrogens (primary N) is 1. The molecule has 1 heterocycles. The van der Waals surface area contributed by atoms with Crippen LogP contribution in [0.15, 0.2) is 30.9 Å². The Morgan fingerprint density at radius 2 is 2.21 bits per heavy atom. The summed E-state index contributed by atoms with van der Waals surface area (Å²) in [7, 11) is 0. The van der Waals surface area contributed by atoms with Crippen LogP contribution >= 0.6 is 0 Å². The lowest BCUT2D eigenvalue weighted by molar-refractivity contribution is 0.174. The van der Waals surface area contributed by atoms with E-state index in [9.17, 15) is 0 Å². The zero-order valence-electron chi connectivity index (χ0n) is 7.90. The first-order valence-electron chi connectivity index (χ1n) is 4.56. The molecule has 1 aromatic rings. The zero-order valence-corrected chi connectivity index (χ0v) is 7.90. The summed E-state index contributed by atoms with van der Waals surface area (Å²) in [5, 5.41) is 0. The van der Waals surface area contributed by atoms with E-state index in [-0.39, 0.29) is 6.04 Å². The molecule has 1 aliphatic heterocycles. The van der Waals surface area contributed by atoms with E-state index >= 15 is 0 Å². The molecule has 3 heteroatoms. The minimum absolute atomic E-state index is 0.00429. The number of ether oxygens (including phenoxy) is 2. The number of hydrogen-bond donors (Lipinski definition) is 1. The van der Waals surface area contributed by atoms with Gasteiger partial charge in [-0.3, -0.25) is 0 Å². The van der Waals surface area contributed by atoms with E-state index in [1.807, 2.05) is 18.2 Å². The van der Waals surface area contributed by atoms with E-state index in [1.54, 1.807) is 6.08 Å². The number of hydrogen-bond acceptors (Lipinski definition) is 3. The van der Waals surface area contributed by atoms with Gasteiger partial charge in [0, 0.05) is 6.04 Å². The van der Waals surface area contributed by atoms with Gasteiger partial charge in [0.05, 0.1) is 0 Å². The van der Waals surface area contributed by atoms with E-state index < -0.39 is 0 Å². The summed E-state index contributed by atoms with van der Waals surface area (Å²) in [5.74, 6) is 1.61. The molecule has 0 radical (unpaired) electrons. The second-order valence-electron chi connectivity index (χ2n) is 3.29. The van der Waals surface area contributed by atoms with E-state index in [0.29, 0.717) is 6.79 Å². The van der Waals surface area contributed by atoms with Crippen molar-refractivity contribution in [3.05, 3.63) is 36.4 Å². The van der Waals surface area contributed by atoms with Gasteiger partial charge in [0.2, 0.25) is 6.79 Å². The highest BCUT2D eigenvalue weighted by molar-refractivity contribution is 5.44. The first kappa shape index (κ1) is 9.09. The fourth-order valence-corrected chi connectivity index (χ4v) is 1.42. The standard InChI is InChI=1S/C11H13NO2/c1-2-9(12)5-8-3-4-10-11(6-8)14-7-13-10/h2-4,6,9H,1,5,7,12H2. The molecule has 0 spiro atoms. The average molecular weight is 191 g/mol. The molecule has 0 saturated heterocycles. The molecular formula is C11H13NO2. The van der Waals surface area contributed by atoms with Crippen molar-refractivity contribution in [3.63, 3.8) is 0 Å². The van der Waals surface area contributed by atoms with Crippen LogP contribution in [-0.2, 0) is 6.42 Å². The highest BCUT2D eigenvalue weighted by Crippen LogP contribution is 2.32. The Bertz CT molecular complexity index is 349. The van der Waals surface area contributed by atoms with Gasteiger partial charge in [-0.1, -0.05) is 12.1 Å². The maximum Gasteiger partial charge on any atom is 0.231 e. The largest absolute Gasteiger partial charge is 0.454 e. The minimum Gasteiger partial charge on any atom is -0.454 e. The van der Waals surface area contributed by atoms with Crippen molar-refractivity contribution in [2.75, 3.05) is 6.79 Å². The fourth-order valence-electron chi connectivity index (χ4n) is 1.42. The first-order chi connectivity index (χ1) is 6.79. The molecule has 1 atom stereocenters. The summed E-state index contributed by atoms with van der Waals surface area (Å²) >= 11 is 0. The summed E-state index contributed by atoms with van der Waals surface area (Å²) in [6.45, 7) is 3.96. The molecule has 1 aliphatic rings. The van der Waals surface area contributed by atoms with Gasteiger partial charge in [0.15, 0.2) is 11.5 Å². The van der Waals surface area contributed by atoms with E-state index in [4.69, 9.17) is 15.2 Å². The molecule has 0 amide bonds. The van der Waals surface area contributed by atoms with Crippen molar-refractivity contribution in [2.45, 2.75) is 12.5 Å². The Kier molecular flexibility index (Phi) is 2.41. The van der Waals surface area contributed by atoms with Crippen molar-refractivity contribution in [1.29, 1.82) is 0 Å². The third-order valence-corrected chi connectivity index (χ3v) is 2.21. The summed E-state index contributed by atoms with van der Waals surface area (Å²) < 4.78 is 10.5. The van der Waals surface area contributed by atoms with Crippen LogP contribution in [0.1, 0.15) is 5.56 Å². The quantitative estimate of drug-likeness (QED) is 0.736. The van der Waals surface area contributed by atoms with Crippen LogP contribution in [0, 0.1) is 0 Å². The van der Waals surface area contributed by atoms with Crippen LogP contribution in [0.3, 0.4) is 0 Å². The minimum atomic E-state index is -0.00429. The number of rotatable bonds is 3. The maximum absolute atomic E-state index is 5.76. The molecule has 0 aliphatic carbocycles. The molecule has 2 N–H and O–H groups in total. The molecule has 3 nitrogen and oxygen atoms in total. The van der Waals surface area contributed by atoms with Crippen LogP contribution in [0.5, 0.6) is 11.5 Å². The third-order valence-electron chi connectivity index (χ3n) is 2.21. The summed E-state index contributed by atoms with van der Waals surface area (Å²) in [5.41, 5.74) is 6.90. The van der Waals surface area contributed by atoms with Crippen molar-refractivity contribution in [3.8, 4) is 11.5 Å². The van der Waals surface area contributed by atoms with Gasteiger partial charge in [0.1, 0.15) is 0 Å². The Morgan fingerprint density at radius 3 is 3.00 bits per heavy atom. The second kappa shape index (κ2) is 3.72. The van der Waals surface area contributed by atoms with Crippen LogP contribution < -0.4 is 15.2 Å². The van der Waals surface area contributed by atoms with Gasteiger partial charge in [-0.05, 0) is 24.1 Å². The van der Waals surface area contributed by atoms with Crippen LogP contribution in [0.25, 0.3) is 0 Å². The molecule has 0 aromatic heterocycles. The highest BCUT2D eigenvalue weighted by Gasteiger charge is 2.13. The van der Waals surface area contributed by atoms with Gasteiger partial charge >= 0.3 is 0 Å². The SMILES string of the molecule is C=CC(N)Cc1ccc2c(c1)OCO2. The molecule has 1 unspecified atom stereocenters. The van der Waals surface area contributed by atoms with E-state index in [2.05, 4.69) is 6.58 Å². The van der Waals surface area contributed by atoms with E-state index in [0.717, 1.165) is 23.5 Å². The topological polar surface area (TPSA) is 44.5 Å². The summed E-state index contributed by atoms with van der Waals surface area (Å²) in [6, 6.07) is 5.87. The fraction of sp³-hybridized carbons (Fsp3) is 0.273. The molecule has 0 saturated carbocycles. The Labute approximate surface area is 83.1 Å². The Morgan fingerprint density at radius 1 is 1.43 bits per heavy atom. The molecule has 0 bridgehead atoms. The van der Waals surface area contributed by atoms with Gasteiger partial charge in [-0.15, -0.1) is 6.58 Å². The number of fused-ring (bicyclic) bond motifs is 1. The van der Waals surface area contributed by atoms with Crippen LogP contribution in [0.4, 0.5) is 0 Å². The lowest BCUT2D eigenvalue weighted by atomic mass is 10.1. The summed E-state index contributed by atoms with van der Waals surface area (Å²) in [6.07, 6.45) is 2.52. The molecule has 74 valence electrons. The van der Waals surface area contributed by atoms with Crippen molar-refractivity contribution < 1.29 is 9.47 Å². The normalized spacial score (nSPS) is 15.2. The van der Waals surface area contributed by atoms with Crippen molar-refractivity contribution >= 4 is 0 Å². The van der Waals surface area contributed by atoms with Crippen molar-refractivity contribution in [1.82, 2.24) is 0 Å². The van der Waals surface area contributed by atoms with Crippen LogP contribution in [-0.4, -0.2) is 12.8 Å². The predicted molar refractivity (Wildman–Crippen MR) is 54.4 cm³/mol. The highest BCUT2D eigenvalue weighted by atomic mass is 16.7. The predicted octanol–water partition coefficient (Wildman–Crippen LogP) is 1.47. The number of benzene rings is 1. The lowest BCUT2D eigenvalue weighted by Gasteiger charge is -2.06. The molecule has 2 rings (SSSR count). The zero-order chi connectivity index (χ0) is 9.97. The monoisotopic (exact) mass is 191 g/mol. The third kappa shape index (κ3) is 1.72. The molecule has 1 aromatic carbocycles.